The van der Waals surface area contributed by atoms with Crippen LogP contribution in [0.3, 0.4) is 0 Å². The van der Waals surface area contributed by atoms with Gasteiger partial charge >= 0.3 is 41.8 Å². The van der Waals surface area contributed by atoms with Gasteiger partial charge in [-0.25, -0.2) is 0 Å². The Kier molecular flexibility index (Phi) is 16.5. The number of para-hydroxylation sites is 2. The summed E-state index contributed by atoms with van der Waals surface area (Å²) in [6.07, 6.45) is -3.37. The number of carbonyl (C=O) groups is 5. The van der Waals surface area contributed by atoms with Crippen molar-refractivity contribution in [1.82, 2.24) is 25.5 Å². The molecule has 0 spiro atoms. The summed E-state index contributed by atoms with van der Waals surface area (Å²) < 4.78 is 110. The molecule has 5 N–H and O–H groups in total. The van der Waals surface area contributed by atoms with E-state index in [4.69, 9.17) is 5.11 Å². The largest absolute Gasteiger partial charge is 0.480 e. The molecule has 0 saturated carbocycles. The quantitative estimate of drug-likeness (QED) is 0.0698. The molecule has 3 amide bonds. The highest BCUT2D eigenvalue weighted by Crippen LogP contribution is 2.36. The number of carbonyl (C=O) groups excluding carboxylic acids is 4. The lowest BCUT2D eigenvalue weighted by atomic mass is 10.0. The van der Waals surface area contributed by atoms with Gasteiger partial charge < -0.3 is 40.1 Å². The molecule has 0 bridgehead atoms. The maximum atomic E-state index is 13.4. The predicted molar refractivity (Wildman–Crippen MR) is 184 cm³/mol. The van der Waals surface area contributed by atoms with Crippen LogP contribution >= 0.6 is 0 Å². The number of carboxylic acids is 1. The van der Waals surface area contributed by atoms with Crippen molar-refractivity contribution >= 4 is 51.8 Å². The fraction of sp³-hybridized carbons (Fsp3) is 0.400. The lowest BCUT2D eigenvalue weighted by Gasteiger charge is -2.24. The van der Waals surface area contributed by atoms with Crippen molar-refractivity contribution in [2.75, 3.05) is 27.3 Å². The van der Waals surface area contributed by atoms with Crippen molar-refractivity contribution in [2.45, 2.75) is 62.8 Å². The summed E-state index contributed by atoms with van der Waals surface area (Å²) in [5, 5.41) is 12.9. The number of H-pyrrole nitrogens is 2. The fourth-order valence-corrected chi connectivity index (χ4v) is 4.57. The molecule has 21 heteroatoms. The molecule has 4 aromatic rings. The molecular formula is C35H39F8N5O8. The van der Waals surface area contributed by atoms with Gasteiger partial charge in [-0.2, -0.15) is 35.1 Å². The van der Waals surface area contributed by atoms with E-state index in [1.165, 1.54) is 35.3 Å². The summed E-state index contributed by atoms with van der Waals surface area (Å²) in [6, 6.07) is 13.9. The first-order valence-corrected chi connectivity index (χ1v) is 16.4. The minimum absolute atomic E-state index is 0.153. The number of ketones is 1. The lowest BCUT2D eigenvalue weighted by Crippen LogP contribution is -2.56. The smallest absolute Gasteiger partial charge is 0.428 e. The van der Waals surface area contributed by atoms with Crippen molar-refractivity contribution in [2.24, 2.45) is 0 Å². The number of aliphatic carboxylic acids is 1. The van der Waals surface area contributed by atoms with Crippen LogP contribution in [0.5, 0.6) is 0 Å². The number of nitrogens with zero attached hydrogens (tertiary/aromatic N) is 1. The number of likely N-dealkylation sites (tertiary alicyclic amines) is 1. The zero-order valence-corrected chi connectivity index (χ0v) is 30.2. The van der Waals surface area contributed by atoms with Crippen molar-refractivity contribution in [3.63, 3.8) is 0 Å². The van der Waals surface area contributed by atoms with E-state index in [0.29, 0.717) is 25.1 Å². The van der Waals surface area contributed by atoms with Crippen LogP contribution in [0.15, 0.2) is 67.0 Å². The van der Waals surface area contributed by atoms with Gasteiger partial charge in [-0.3, -0.25) is 24.0 Å². The molecule has 1 saturated heterocycles. The van der Waals surface area contributed by atoms with Crippen LogP contribution in [0, 0.1) is 0 Å². The number of nitrogens with one attached hydrogen (secondary N) is 4. The third-order valence-corrected chi connectivity index (χ3v) is 7.88. The topological polar surface area (TPSA) is 183 Å². The molecule has 1 aliphatic heterocycles. The van der Waals surface area contributed by atoms with Gasteiger partial charge in [-0.1, -0.05) is 36.4 Å². The number of aromatic nitrogens is 2. The van der Waals surface area contributed by atoms with Crippen LogP contribution in [0.1, 0.15) is 37.0 Å². The third kappa shape index (κ3) is 11.7. The summed E-state index contributed by atoms with van der Waals surface area (Å²) in [4.78, 5) is 62.3. The Bertz CT molecular complexity index is 1900. The molecule has 13 nitrogen and oxygen atoms in total. The van der Waals surface area contributed by atoms with E-state index >= 15 is 0 Å². The Morgan fingerprint density at radius 3 is 1.70 bits per heavy atom. The summed E-state index contributed by atoms with van der Waals surface area (Å²) in [6.45, 7) is 3.93. The van der Waals surface area contributed by atoms with Crippen LogP contribution in [0.4, 0.5) is 35.1 Å². The number of halogens is 8. The van der Waals surface area contributed by atoms with Crippen LogP contribution in [0.2, 0.25) is 0 Å². The monoisotopic (exact) mass is 809 g/mol. The number of hydrogen-bond donors (Lipinski definition) is 5. The highest BCUT2D eigenvalue weighted by Gasteiger charge is 2.64. The number of benzene rings is 2. The highest BCUT2D eigenvalue weighted by molar-refractivity contribution is 6.11. The average Bonchev–Trinajstić information content (AvgIpc) is 3.96. The first-order valence-electron chi connectivity index (χ1n) is 16.4. The number of alkyl halides is 8. The SMILES string of the molecule is COC(F)(F)C(F)(F)C(=O)N[C@H](C)C(=O)O.COC(F)(F)C(F)(F)C(=O)N[C@H](C)C(=O)c1c[nH]c2ccccc12.O=CN1CCCC1.c1ccc2[nH]ccc2c1. The van der Waals surface area contributed by atoms with Crippen LogP contribution in [-0.2, 0) is 28.7 Å². The Hall–Kier alpha value is -5.57. The average molecular weight is 810 g/mol. The molecule has 0 aliphatic carbocycles. The van der Waals surface area contributed by atoms with E-state index in [0.717, 1.165) is 33.3 Å². The Morgan fingerprint density at radius 1 is 0.750 bits per heavy atom. The molecule has 3 heterocycles. The first-order chi connectivity index (χ1) is 26.1. The normalized spacial score (nSPS) is 14.2. The van der Waals surface area contributed by atoms with Crippen molar-refractivity contribution in [1.29, 1.82) is 0 Å². The zero-order chi connectivity index (χ0) is 42.5. The zero-order valence-electron chi connectivity index (χ0n) is 30.2. The second-order valence-corrected chi connectivity index (χ2v) is 11.8. The van der Waals surface area contributed by atoms with E-state index in [2.05, 4.69) is 37.6 Å². The maximum Gasteiger partial charge on any atom is 0.428 e. The highest BCUT2D eigenvalue weighted by atomic mass is 19.3. The predicted octanol–water partition coefficient (Wildman–Crippen LogP) is 5.59. The molecule has 1 aliphatic rings. The van der Waals surface area contributed by atoms with Gasteiger partial charge in [0.2, 0.25) is 6.41 Å². The molecule has 0 unspecified atom stereocenters. The second kappa shape index (κ2) is 19.8. The molecule has 308 valence electrons. The van der Waals surface area contributed by atoms with Gasteiger partial charge in [-0.15, -0.1) is 0 Å². The van der Waals surface area contributed by atoms with Gasteiger partial charge in [0.1, 0.15) is 6.04 Å². The molecule has 1 fully saturated rings. The maximum absolute atomic E-state index is 13.4. The van der Waals surface area contributed by atoms with E-state index in [1.807, 2.05) is 18.3 Å². The number of aromatic amines is 2. The van der Waals surface area contributed by atoms with Crippen molar-refractivity contribution in [3.05, 3.63) is 72.6 Å². The minimum atomic E-state index is -5.15. The van der Waals surface area contributed by atoms with E-state index in [1.54, 1.807) is 34.5 Å². The number of carboxylic acid groups (broad SMARTS) is 1. The van der Waals surface area contributed by atoms with Crippen LogP contribution < -0.4 is 10.6 Å². The molecule has 5 rings (SSSR count). The summed E-state index contributed by atoms with van der Waals surface area (Å²) in [7, 11) is 0.642. The summed E-state index contributed by atoms with van der Waals surface area (Å²) in [5.41, 5.74) is 1.99. The number of ether oxygens (including phenoxy) is 2. The van der Waals surface area contributed by atoms with Gasteiger partial charge in [-0.05, 0) is 50.3 Å². The number of methoxy groups -OCH3 is 2. The first kappa shape index (κ1) is 46.6. The van der Waals surface area contributed by atoms with Gasteiger partial charge in [0.25, 0.3) is 0 Å². The molecule has 2 aromatic carbocycles. The number of Topliss-reactive ketones (excluding diaryl/α,β-unsaturated/α-hetero) is 1. The number of hydrogen-bond acceptors (Lipinski definition) is 7. The lowest BCUT2D eigenvalue weighted by molar-refractivity contribution is -0.323. The van der Waals surface area contributed by atoms with Crippen molar-refractivity contribution < 1.29 is 73.7 Å². The minimum Gasteiger partial charge on any atom is -0.480 e. The molecule has 0 radical (unpaired) electrons. The summed E-state index contributed by atoms with van der Waals surface area (Å²) >= 11 is 0. The number of rotatable bonds is 12. The van der Waals surface area contributed by atoms with Crippen LogP contribution in [-0.4, -0.2) is 113 Å². The standard InChI is InChI=1S/C15H14F4N2O3.C8H7N.C7H9F4NO4.C5H9NO/c1-8(21-13(23)14(16,17)15(18,19)24-2)12(22)10-7-20-11-6-4-3-5-9(10)11;1-2-4-8-7(3-1)5-6-9-8;1-3(4(13)14)12-5(15)6(8,9)7(10,11)16-2;7-5-6-3-1-2-4-6/h3-8,20H,1-2H3,(H,21,23);1-6,9H;3H,1-2H3,(H,12,15)(H,13,14);5H,1-4H2/t8-;;3-;/m1.1./s1. The summed E-state index contributed by atoms with van der Waals surface area (Å²) in [5.74, 6) is -17.3. The fourth-order valence-electron chi connectivity index (χ4n) is 4.57. The Morgan fingerprint density at radius 2 is 1.23 bits per heavy atom. The Labute approximate surface area is 313 Å². The Balaban J connectivity index is 0.000000287. The van der Waals surface area contributed by atoms with E-state index < -0.39 is 59.7 Å². The molecule has 2 atom stereocenters. The molecular weight excluding hydrogens is 770 g/mol. The molecule has 2 aromatic heterocycles. The number of amides is 3. The van der Waals surface area contributed by atoms with Gasteiger partial charge in [0.15, 0.2) is 5.78 Å². The van der Waals surface area contributed by atoms with Crippen molar-refractivity contribution in [3.8, 4) is 0 Å². The number of fused-ring (bicyclic) bond motifs is 2. The molecule has 56 heavy (non-hydrogen) atoms. The third-order valence-electron chi connectivity index (χ3n) is 7.88. The van der Waals surface area contributed by atoms with E-state index in [-0.39, 0.29) is 5.56 Å². The van der Waals surface area contributed by atoms with Gasteiger partial charge in [0, 0.05) is 61.7 Å². The van der Waals surface area contributed by atoms with Gasteiger partial charge in [0.05, 0.1) is 6.04 Å². The van der Waals surface area contributed by atoms with E-state index in [9.17, 15) is 59.1 Å². The second-order valence-electron chi connectivity index (χ2n) is 11.8. The van der Waals surface area contributed by atoms with Crippen LogP contribution in [0.25, 0.3) is 21.8 Å².